The zero-order chi connectivity index (χ0) is 12.4. The molecule has 17 heavy (non-hydrogen) atoms. The van der Waals surface area contributed by atoms with Crippen molar-refractivity contribution in [3.05, 3.63) is 12.2 Å². The van der Waals surface area contributed by atoms with Crippen molar-refractivity contribution in [1.82, 2.24) is 14.8 Å². The first-order valence-corrected chi connectivity index (χ1v) is 6.24. The van der Waals surface area contributed by atoms with E-state index >= 15 is 0 Å². The smallest absolute Gasteiger partial charge is 0.143 e. The van der Waals surface area contributed by atoms with Gasteiger partial charge < -0.3 is 5.73 Å². The van der Waals surface area contributed by atoms with Crippen LogP contribution in [0.1, 0.15) is 45.0 Å². The van der Waals surface area contributed by atoms with E-state index in [1.165, 1.54) is 6.33 Å². The molecule has 0 aromatic carbocycles. The van der Waals surface area contributed by atoms with Gasteiger partial charge in [-0.15, -0.1) is 0 Å². The number of carbonyl (C=O) groups is 1. The van der Waals surface area contributed by atoms with Crippen molar-refractivity contribution in [3.63, 3.8) is 0 Å². The van der Waals surface area contributed by atoms with Gasteiger partial charge in [0.15, 0.2) is 0 Å². The molecular weight excluding hydrogens is 216 g/mol. The molecule has 0 spiro atoms. The van der Waals surface area contributed by atoms with Crippen LogP contribution in [0.25, 0.3) is 0 Å². The summed E-state index contributed by atoms with van der Waals surface area (Å²) in [5.41, 5.74) is 5.83. The third-order valence-corrected chi connectivity index (χ3v) is 3.40. The normalized spacial score (nSPS) is 24.5. The van der Waals surface area contributed by atoms with Crippen molar-refractivity contribution >= 4 is 5.78 Å². The molecule has 1 aliphatic rings. The van der Waals surface area contributed by atoms with Gasteiger partial charge in [0.25, 0.3) is 0 Å². The van der Waals surface area contributed by atoms with Gasteiger partial charge in [-0.25, -0.2) is 9.67 Å². The molecule has 94 valence electrons. The first-order valence-electron chi connectivity index (χ1n) is 6.24. The number of Topliss-reactive ketones (excluding diaryl/α,β-unsaturated/α-hetero) is 1. The Morgan fingerprint density at radius 1 is 1.59 bits per heavy atom. The van der Waals surface area contributed by atoms with Crippen molar-refractivity contribution in [2.45, 2.75) is 51.6 Å². The monoisotopic (exact) mass is 236 g/mol. The maximum atomic E-state index is 12.1. The highest BCUT2D eigenvalue weighted by atomic mass is 16.1. The Bertz CT molecular complexity index is 399. The SMILES string of the molecule is CC(C)n1ncnc1CC(=O)C1CCC(N)C1. The summed E-state index contributed by atoms with van der Waals surface area (Å²) in [6, 6.07) is 0.443. The molecule has 1 aromatic rings. The Hall–Kier alpha value is -1.23. The van der Waals surface area contributed by atoms with E-state index in [1.807, 2.05) is 18.5 Å². The number of aromatic nitrogens is 3. The lowest BCUT2D eigenvalue weighted by Gasteiger charge is -2.11. The number of ketones is 1. The number of nitrogens with two attached hydrogens (primary N) is 1. The van der Waals surface area contributed by atoms with Crippen molar-refractivity contribution in [2.24, 2.45) is 11.7 Å². The van der Waals surface area contributed by atoms with Crippen LogP contribution in [0.15, 0.2) is 6.33 Å². The van der Waals surface area contributed by atoms with E-state index in [2.05, 4.69) is 10.1 Å². The summed E-state index contributed by atoms with van der Waals surface area (Å²) in [7, 11) is 0. The zero-order valence-corrected chi connectivity index (χ0v) is 10.5. The van der Waals surface area contributed by atoms with E-state index in [1.54, 1.807) is 0 Å². The molecule has 0 saturated heterocycles. The van der Waals surface area contributed by atoms with Crippen LogP contribution in [-0.2, 0) is 11.2 Å². The molecule has 5 heteroatoms. The second-order valence-corrected chi connectivity index (χ2v) is 5.13. The quantitative estimate of drug-likeness (QED) is 0.849. The summed E-state index contributed by atoms with van der Waals surface area (Å²) in [5, 5.41) is 4.14. The van der Waals surface area contributed by atoms with Crippen LogP contribution >= 0.6 is 0 Å². The fraction of sp³-hybridized carbons (Fsp3) is 0.750. The Morgan fingerprint density at radius 2 is 2.35 bits per heavy atom. The summed E-state index contributed by atoms with van der Waals surface area (Å²) < 4.78 is 1.81. The molecule has 2 unspecified atom stereocenters. The van der Waals surface area contributed by atoms with Crippen LogP contribution in [-0.4, -0.2) is 26.6 Å². The summed E-state index contributed by atoms with van der Waals surface area (Å²) in [6.45, 7) is 4.07. The maximum absolute atomic E-state index is 12.1. The predicted octanol–water partition coefficient (Wildman–Crippen LogP) is 1.10. The van der Waals surface area contributed by atoms with Crippen LogP contribution in [0.4, 0.5) is 0 Å². The van der Waals surface area contributed by atoms with E-state index in [-0.39, 0.29) is 23.8 Å². The van der Waals surface area contributed by atoms with E-state index < -0.39 is 0 Å². The second kappa shape index (κ2) is 4.96. The maximum Gasteiger partial charge on any atom is 0.143 e. The topological polar surface area (TPSA) is 73.8 Å². The van der Waals surface area contributed by atoms with Crippen molar-refractivity contribution in [1.29, 1.82) is 0 Å². The molecule has 5 nitrogen and oxygen atoms in total. The van der Waals surface area contributed by atoms with Crippen molar-refractivity contribution in [3.8, 4) is 0 Å². The molecule has 1 aromatic heterocycles. The second-order valence-electron chi connectivity index (χ2n) is 5.13. The first-order chi connectivity index (χ1) is 8.08. The fourth-order valence-electron chi connectivity index (χ4n) is 2.44. The van der Waals surface area contributed by atoms with Gasteiger partial charge in [0.05, 0.1) is 6.42 Å². The molecule has 1 aliphatic carbocycles. The standard InChI is InChI=1S/C12H20N4O/c1-8(2)16-12(14-7-15-16)6-11(17)9-3-4-10(13)5-9/h7-10H,3-6,13H2,1-2H3. The van der Waals surface area contributed by atoms with Gasteiger partial charge in [-0.05, 0) is 33.1 Å². The van der Waals surface area contributed by atoms with E-state index in [4.69, 9.17) is 5.73 Å². The Morgan fingerprint density at radius 3 is 2.94 bits per heavy atom. The fourth-order valence-corrected chi connectivity index (χ4v) is 2.44. The zero-order valence-electron chi connectivity index (χ0n) is 10.5. The number of nitrogens with zero attached hydrogens (tertiary/aromatic N) is 3. The van der Waals surface area contributed by atoms with Crippen molar-refractivity contribution < 1.29 is 4.79 Å². The summed E-state index contributed by atoms with van der Waals surface area (Å²) in [4.78, 5) is 16.3. The molecule has 1 fully saturated rings. The number of carbonyl (C=O) groups excluding carboxylic acids is 1. The van der Waals surface area contributed by atoms with Gasteiger partial charge in [-0.2, -0.15) is 5.10 Å². The van der Waals surface area contributed by atoms with Gasteiger partial charge >= 0.3 is 0 Å². The van der Waals surface area contributed by atoms with Crippen LogP contribution in [0.3, 0.4) is 0 Å². The van der Waals surface area contributed by atoms with Crippen LogP contribution in [0.2, 0.25) is 0 Å². The summed E-state index contributed by atoms with van der Waals surface area (Å²) in [6.07, 6.45) is 4.62. The lowest BCUT2D eigenvalue weighted by atomic mass is 9.99. The minimum atomic E-state index is 0.127. The largest absolute Gasteiger partial charge is 0.328 e. The predicted molar refractivity (Wildman–Crippen MR) is 64.4 cm³/mol. The molecule has 0 amide bonds. The molecule has 2 rings (SSSR count). The van der Waals surface area contributed by atoms with Gasteiger partial charge in [-0.1, -0.05) is 0 Å². The van der Waals surface area contributed by atoms with Crippen LogP contribution in [0, 0.1) is 5.92 Å². The Kier molecular flexibility index (Phi) is 3.57. The molecular formula is C12H20N4O. The highest BCUT2D eigenvalue weighted by Gasteiger charge is 2.28. The van der Waals surface area contributed by atoms with Crippen LogP contribution < -0.4 is 5.73 Å². The number of hydrogen-bond acceptors (Lipinski definition) is 4. The Balaban J connectivity index is 2.00. The Labute approximate surface area is 101 Å². The van der Waals surface area contributed by atoms with E-state index in [0.717, 1.165) is 25.1 Å². The van der Waals surface area contributed by atoms with E-state index in [9.17, 15) is 4.79 Å². The molecule has 0 bridgehead atoms. The van der Waals surface area contributed by atoms with Crippen molar-refractivity contribution in [2.75, 3.05) is 0 Å². The summed E-state index contributed by atoms with van der Waals surface area (Å²) >= 11 is 0. The summed E-state index contributed by atoms with van der Waals surface area (Å²) in [5.74, 6) is 1.15. The molecule has 1 heterocycles. The highest BCUT2D eigenvalue weighted by molar-refractivity contribution is 5.82. The third-order valence-electron chi connectivity index (χ3n) is 3.40. The van der Waals surface area contributed by atoms with Gasteiger partial charge in [0, 0.05) is 18.0 Å². The first kappa shape index (κ1) is 12.2. The molecule has 1 saturated carbocycles. The number of hydrogen-bond donors (Lipinski definition) is 1. The minimum absolute atomic E-state index is 0.127. The van der Waals surface area contributed by atoms with Crippen LogP contribution in [0.5, 0.6) is 0 Å². The van der Waals surface area contributed by atoms with Gasteiger partial charge in [0.2, 0.25) is 0 Å². The lowest BCUT2D eigenvalue weighted by Crippen LogP contribution is -2.21. The highest BCUT2D eigenvalue weighted by Crippen LogP contribution is 2.26. The number of rotatable bonds is 4. The molecule has 0 radical (unpaired) electrons. The average Bonchev–Trinajstić information content (AvgIpc) is 2.86. The molecule has 0 aliphatic heterocycles. The minimum Gasteiger partial charge on any atom is -0.328 e. The molecule has 2 atom stereocenters. The lowest BCUT2D eigenvalue weighted by molar-refractivity contribution is -0.122. The van der Waals surface area contributed by atoms with Gasteiger partial charge in [0.1, 0.15) is 17.9 Å². The van der Waals surface area contributed by atoms with E-state index in [0.29, 0.717) is 6.42 Å². The third kappa shape index (κ3) is 2.72. The van der Waals surface area contributed by atoms with Gasteiger partial charge in [-0.3, -0.25) is 4.79 Å². The average molecular weight is 236 g/mol. The molecule has 2 N–H and O–H groups in total.